The Morgan fingerprint density at radius 3 is 3.00 bits per heavy atom. The summed E-state index contributed by atoms with van der Waals surface area (Å²) in [6, 6.07) is 3.53. The van der Waals surface area contributed by atoms with Crippen molar-refractivity contribution in [2.75, 3.05) is 38.0 Å². The van der Waals surface area contributed by atoms with Crippen molar-refractivity contribution in [3.63, 3.8) is 0 Å². The lowest BCUT2D eigenvalue weighted by Gasteiger charge is -2.27. The van der Waals surface area contributed by atoms with Gasteiger partial charge in [-0.15, -0.1) is 5.10 Å². The normalized spacial score (nSPS) is 15.6. The van der Waals surface area contributed by atoms with Crippen LogP contribution < -0.4 is 10.6 Å². The summed E-state index contributed by atoms with van der Waals surface area (Å²) in [5, 5.41) is 11.0. The molecule has 0 radical (unpaired) electrons. The molecule has 1 aliphatic heterocycles. The second-order valence-electron chi connectivity index (χ2n) is 4.57. The highest BCUT2D eigenvalue weighted by molar-refractivity contribution is 6.30. The van der Waals surface area contributed by atoms with Crippen LogP contribution >= 0.6 is 11.6 Å². The van der Waals surface area contributed by atoms with Crippen molar-refractivity contribution in [1.29, 1.82) is 0 Å². The van der Waals surface area contributed by atoms with Gasteiger partial charge in [0.15, 0.2) is 5.65 Å². The second-order valence-corrected chi connectivity index (χ2v) is 5.01. The van der Waals surface area contributed by atoms with Crippen LogP contribution in [0.4, 0.5) is 5.95 Å². The molecule has 0 bridgehead atoms. The Morgan fingerprint density at radius 1 is 1.40 bits per heavy atom. The number of pyridine rings is 1. The number of anilines is 1. The summed E-state index contributed by atoms with van der Waals surface area (Å²) in [5.74, 6) is 0.485. The van der Waals surface area contributed by atoms with Gasteiger partial charge < -0.3 is 15.5 Å². The smallest absolute Gasteiger partial charge is 0.243 e. The van der Waals surface area contributed by atoms with Crippen LogP contribution in [0.15, 0.2) is 18.3 Å². The van der Waals surface area contributed by atoms with Crippen LogP contribution in [0.5, 0.6) is 0 Å². The lowest BCUT2D eigenvalue weighted by Crippen LogP contribution is -2.48. The average molecular weight is 295 g/mol. The number of piperazine rings is 1. The minimum atomic E-state index is 0.0587. The molecule has 106 valence electrons. The Hall–Kier alpha value is -1.86. The van der Waals surface area contributed by atoms with Crippen LogP contribution in [-0.4, -0.2) is 58.1 Å². The molecule has 7 nitrogen and oxygen atoms in total. The molecule has 3 rings (SSSR count). The predicted molar refractivity (Wildman–Crippen MR) is 75.9 cm³/mol. The van der Waals surface area contributed by atoms with E-state index in [2.05, 4.69) is 20.7 Å². The number of hydrogen-bond donors (Lipinski definition) is 2. The molecule has 1 amide bonds. The van der Waals surface area contributed by atoms with Crippen LogP contribution in [0, 0.1) is 0 Å². The number of carbonyl (C=O) groups excluding carboxylic acids is 1. The number of hydrogen-bond acceptors (Lipinski definition) is 5. The van der Waals surface area contributed by atoms with Gasteiger partial charge in [-0.25, -0.2) is 4.52 Å². The highest BCUT2D eigenvalue weighted by atomic mass is 35.5. The zero-order valence-corrected chi connectivity index (χ0v) is 11.6. The Kier molecular flexibility index (Phi) is 3.70. The number of nitrogens with one attached hydrogen (secondary N) is 2. The zero-order valence-electron chi connectivity index (χ0n) is 10.8. The van der Waals surface area contributed by atoms with E-state index in [1.807, 2.05) is 4.90 Å². The molecule has 2 aromatic rings. The number of rotatable bonds is 3. The molecule has 1 fully saturated rings. The fourth-order valence-electron chi connectivity index (χ4n) is 2.11. The molecular formula is C12H15ClN6O. The van der Waals surface area contributed by atoms with Crippen LogP contribution in [0.2, 0.25) is 5.02 Å². The first-order valence-corrected chi connectivity index (χ1v) is 6.84. The highest BCUT2D eigenvalue weighted by Crippen LogP contribution is 2.11. The molecule has 20 heavy (non-hydrogen) atoms. The van der Waals surface area contributed by atoms with Crippen LogP contribution in [0.3, 0.4) is 0 Å². The Labute approximate surface area is 120 Å². The molecule has 0 aromatic carbocycles. The molecule has 0 atom stereocenters. The van der Waals surface area contributed by atoms with Gasteiger partial charge in [0.25, 0.3) is 0 Å². The first kappa shape index (κ1) is 13.1. The van der Waals surface area contributed by atoms with E-state index in [9.17, 15) is 4.79 Å². The van der Waals surface area contributed by atoms with E-state index in [1.54, 1.807) is 22.8 Å². The minimum absolute atomic E-state index is 0.0587. The third-order valence-electron chi connectivity index (χ3n) is 3.16. The second kappa shape index (κ2) is 5.64. The van der Waals surface area contributed by atoms with Gasteiger partial charge >= 0.3 is 0 Å². The summed E-state index contributed by atoms with van der Waals surface area (Å²) >= 11 is 5.88. The summed E-state index contributed by atoms with van der Waals surface area (Å²) in [5.41, 5.74) is 0.687. The van der Waals surface area contributed by atoms with Gasteiger partial charge in [0, 0.05) is 32.4 Å². The molecule has 2 N–H and O–H groups in total. The minimum Gasteiger partial charge on any atom is -0.344 e. The summed E-state index contributed by atoms with van der Waals surface area (Å²) in [6.45, 7) is 3.38. The Bertz CT molecular complexity index is 621. The van der Waals surface area contributed by atoms with Crippen LogP contribution in [0.1, 0.15) is 0 Å². The Morgan fingerprint density at radius 2 is 2.20 bits per heavy atom. The molecule has 0 unspecified atom stereocenters. The van der Waals surface area contributed by atoms with Gasteiger partial charge in [0.2, 0.25) is 11.9 Å². The van der Waals surface area contributed by atoms with Crippen molar-refractivity contribution in [3.05, 3.63) is 23.4 Å². The molecule has 0 aliphatic carbocycles. The molecule has 2 aromatic heterocycles. The van der Waals surface area contributed by atoms with Crippen molar-refractivity contribution in [2.24, 2.45) is 0 Å². The molecule has 8 heteroatoms. The maximum atomic E-state index is 12.0. The molecule has 0 saturated carbocycles. The van der Waals surface area contributed by atoms with E-state index in [0.29, 0.717) is 16.6 Å². The van der Waals surface area contributed by atoms with E-state index in [1.165, 1.54) is 0 Å². The van der Waals surface area contributed by atoms with Gasteiger partial charge in [-0.2, -0.15) is 4.98 Å². The van der Waals surface area contributed by atoms with E-state index in [0.717, 1.165) is 26.2 Å². The van der Waals surface area contributed by atoms with E-state index in [-0.39, 0.29) is 12.5 Å². The maximum absolute atomic E-state index is 12.0. The number of aromatic nitrogens is 3. The largest absolute Gasteiger partial charge is 0.344 e. The third kappa shape index (κ3) is 2.83. The third-order valence-corrected chi connectivity index (χ3v) is 3.39. The van der Waals surface area contributed by atoms with E-state index < -0.39 is 0 Å². The standard InChI is InChI=1S/C12H15ClN6O/c13-9-1-2-10-16-12(17-19(10)8-9)15-7-11(20)18-5-3-14-4-6-18/h1-2,8,14H,3-7H2,(H,15,17). The molecule has 3 heterocycles. The number of fused-ring (bicyclic) bond motifs is 1. The SMILES string of the molecule is O=C(CNc1nc2ccc(Cl)cn2n1)N1CCNCC1. The van der Waals surface area contributed by atoms with Crippen LogP contribution in [0.25, 0.3) is 5.65 Å². The first-order chi connectivity index (χ1) is 9.72. The predicted octanol–water partition coefficient (Wildman–Crippen LogP) is 0.226. The van der Waals surface area contributed by atoms with Crippen molar-refractivity contribution < 1.29 is 4.79 Å². The van der Waals surface area contributed by atoms with Gasteiger partial charge in [0.05, 0.1) is 11.6 Å². The van der Waals surface area contributed by atoms with Crippen molar-refractivity contribution in [3.8, 4) is 0 Å². The van der Waals surface area contributed by atoms with Gasteiger partial charge in [0.1, 0.15) is 0 Å². The van der Waals surface area contributed by atoms with Crippen molar-refractivity contribution >= 4 is 29.1 Å². The lowest BCUT2D eigenvalue weighted by molar-refractivity contribution is -0.129. The summed E-state index contributed by atoms with van der Waals surface area (Å²) in [4.78, 5) is 18.1. The Balaban J connectivity index is 1.63. The maximum Gasteiger partial charge on any atom is 0.243 e. The molecule has 0 spiro atoms. The topological polar surface area (TPSA) is 74.6 Å². The molecule has 1 aliphatic rings. The average Bonchev–Trinajstić information content (AvgIpc) is 2.87. The lowest BCUT2D eigenvalue weighted by atomic mass is 10.3. The van der Waals surface area contributed by atoms with Crippen LogP contribution in [-0.2, 0) is 4.79 Å². The van der Waals surface area contributed by atoms with Crippen molar-refractivity contribution in [2.45, 2.75) is 0 Å². The fraction of sp³-hybridized carbons (Fsp3) is 0.417. The monoisotopic (exact) mass is 294 g/mol. The zero-order chi connectivity index (χ0) is 13.9. The number of nitrogens with zero attached hydrogens (tertiary/aromatic N) is 4. The highest BCUT2D eigenvalue weighted by Gasteiger charge is 2.16. The van der Waals surface area contributed by atoms with E-state index in [4.69, 9.17) is 11.6 Å². The first-order valence-electron chi connectivity index (χ1n) is 6.47. The molecule has 1 saturated heterocycles. The van der Waals surface area contributed by atoms with E-state index >= 15 is 0 Å². The summed E-state index contributed by atoms with van der Waals surface area (Å²) in [6.07, 6.45) is 1.67. The van der Waals surface area contributed by atoms with Gasteiger partial charge in [-0.1, -0.05) is 11.6 Å². The quantitative estimate of drug-likeness (QED) is 0.847. The summed E-state index contributed by atoms with van der Waals surface area (Å²) < 4.78 is 1.58. The van der Waals surface area contributed by atoms with Crippen molar-refractivity contribution in [1.82, 2.24) is 24.8 Å². The molecular weight excluding hydrogens is 280 g/mol. The number of halogens is 1. The van der Waals surface area contributed by atoms with Gasteiger partial charge in [-0.05, 0) is 12.1 Å². The summed E-state index contributed by atoms with van der Waals surface area (Å²) in [7, 11) is 0. The fourth-order valence-corrected chi connectivity index (χ4v) is 2.27. The number of amides is 1. The van der Waals surface area contributed by atoms with Gasteiger partial charge in [-0.3, -0.25) is 4.79 Å². The number of carbonyl (C=O) groups is 1.